The van der Waals surface area contributed by atoms with Gasteiger partial charge in [-0.15, -0.1) is 0 Å². The summed E-state index contributed by atoms with van der Waals surface area (Å²) in [6.07, 6.45) is 0.337. The van der Waals surface area contributed by atoms with Gasteiger partial charge in [-0.05, 0) is 19.8 Å². The predicted molar refractivity (Wildman–Crippen MR) is 44.1 cm³/mol. The van der Waals surface area contributed by atoms with Crippen LogP contribution in [0, 0.1) is 5.41 Å². The molecule has 0 heterocycles. The molecular weight excluding hydrogens is 176 g/mol. The highest BCUT2D eigenvalue weighted by Crippen LogP contribution is 2.25. The van der Waals surface area contributed by atoms with Gasteiger partial charge in [0.1, 0.15) is 0 Å². The second kappa shape index (κ2) is 4.81. The van der Waals surface area contributed by atoms with Crippen molar-refractivity contribution < 1.29 is 24.5 Å². The van der Waals surface area contributed by atoms with Gasteiger partial charge in [-0.2, -0.15) is 0 Å². The molecule has 0 saturated carbocycles. The maximum Gasteiger partial charge on any atom is 0.322 e. The van der Waals surface area contributed by atoms with Crippen LogP contribution in [0.2, 0.25) is 0 Å². The molecule has 0 spiro atoms. The van der Waals surface area contributed by atoms with Gasteiger partial charge in [-0.1, -0.05) is 0 Å². The Bertz CT molecular complexity index is 201. The van der Waals surface area contributed by atoms with Gasteiger partial charge in [0.2, 0.25) is 0 Å². The molecule has 5 nitrogen and oxygen atoms in total. The van der Waals surface area contributed by atoms with Gasteiger partial charge in [0, 0.05) is 6.61 Å². The molecule has 5 heteroatoms. The molecule has 13 heavy (non-hydrogen) atoms. The number of carboxylic acid groups (broad SMARTS) is 1. The molecule has 2 N–H and O–H groups in total. The molecule has 0 bridgehead atoms. The van der Waals surface area contributed by atoms with E-state index in [9.17, 15) is 9.59 Å². The minimum absolute atomic E-state index is 0.0749. The van der Waals surface area contributed by atoms with Crippen LogP contribution in [-0.2, 0) is 14.3 Å². The van der Waals surface area contributed by atoms with Gasteiger partial charge in [0.15, 0.2) is 5.41 Å². The topological polar surface area (TPSA) is 83.8 Å². The number of carbonyl (C=O) groups excluding carboxylic acids is 1. The first-order valence-electron chi connectivity index (χ1n) is 3.91. The Hall–Kier alpha value is -1.10. The molecule has 0 aromatic heterocycles. The van der Waals surface area contributed by atoms with E-state index in [-0.39, 0.29) is 19.4 Å². The van der Waals surface area contributed by atoms with Crippen molar-refractivity contribution in [1.29, 1.82) is 0 Å². The van der Waals surface area contributed by atoms with Crippen molar-refractivity contribution in [2.45, 2.75) is 19.8 Å². The van der Waals surface area contributed by atoms with E-state index in [1.165, 1.54) is 6.92 Å². The average Bonchev–Trinajstić information content (AvgIpc) is 2.12. The summed E-state index contributed by atoms with van der Waals surface area (Å²) >= 11 is 0. The lowest BCUT2D eigenvalue weighted by atomic mass is 9.86. The molecule has 0 fully saturated rings. The molecule has 0 rings (SSSR count). The molecule has 0 saturated heterocycles. The monoisotopic (exact) mass is 190 g/mol. The second-order valence-corrected chi connectivity index (χ2v) is 2.96. The predicted octanol–water partition coefficient (Wildman–Crippen LogP) is 0.0228. The molecule has 0 aliphatic rings. The molecule has 1 atom stereocenters. The van der Waals surface area contributed by atoms with Crippen molar-refractivity contribution in [2.24, 2.45) is 5.41 Å². The zero-order valence-electron chi connectivity index (χ0n) is 7.74. The van der Waals surface area contributed by atoms with Gasteiger partial charge in [-0.25, -0.2) is 0 Å². The number of aliphatic hydroxyl groups is 1. The molecule has 0 aromatic rings. The minimum Gasteiger partial charge on any atom is -0.480 e. The number of aliphatic hydroxyl groups excluding tert-OH is 1. The number of methoxy groups -OCH3 is 1. The van der Waals surface area contributed by atoms with E-state index in [4.69, 9.17) is 10.2 Å². The Morgan fingerprint density at radius 2 is 2.00 bits per heavy atom. The van der Waals surface area contributed by atoms with E-state index in [2.05, 4.69) is 4.74 Å². The van der Waals surface area contributed by atoms with Crippen LogP contribution in [0.25, 0.3) is 0 Å². The van der Waals surface area contributed by atoms with E-state index in [1.807, 2.05) is 0 Å². The molecule has 76 valence electrons. The quantitative estimate of drug-likeness (QED) is 0.471. The van der Waals surface area contributed by atoms with Crippen molar-refractivity contribution >= 4 is 11.9 Å². The summed E-state index contributed by atoms with van der Waals surface area (Å²) in [5.74, 6) is -2.01. The van der Waals surface area contributed by atoms with Crippen molar-refractivity contribution in [1.82, 2.24) is 0 Å². The van der Waals surface area contributed by atoms with Gasteiger partial charge in [-0.3, -0.25) is 9.59 Å². The van der Waals surface area contributed by atoms with Crippen LogP contribution in [0.1, 0.15) is 19.8 Å². The highest BCUT2D eigenvalue weighted by Gasteiger charge is 2.41. The molecule has 0 aromatic carbocycles. The summed E-state index contributed by atoms with van der Waals surface area (Å²) < 4.78 is 4.37. The molecular formula is C8H14O5. The Morgan fingerprint density at radius 3 is 2.31 bits per heavy atom. The number of carbonyl (C=O) groups is 2. The number of carboxylic acids is 1. The smallest absolute Gasteiger partial charge is 0.322 e. The Kier molecular flexibility index (Phi) is 4.40. The van der Waals surface area contributed by atoms with Crippen LogP contribution < -0.4 is 0 Å². The number of hydrogen-bond donors (Lipinski definition) is 2. The lowest BCUT2D eigenvalue weighted by molar-refractivity contribution is -0.166. The molecule has 0 radical (unpaired) electrons. The summed E-state index contributed by atoms with van der Waals surface area (Å²) in [5, 5.41) is 17.3. The fourth-order valence-corrected chi connectivity index (χ4v) is 0.954. The number of ether oxygens (including phenoxy) is 1. The molecule has 0 aliphatic carbocycles. The average molecular weight is 190 g/mol. The molecule has 0 amide bonds. The Morgan fingerprint density at radius 1 is 1.46 bits per heavy atom. The van der Waals surface area contributed by atoms with E-state index in [1.54, 1.807) is 0 Å². The SMILES string of the molecule is COC(=O)C(C)(CCCO)C(=O)O. The summed E-state index contributed by atoms with van der Waals surface area (Å²) in [4.78, 5) is 21.8. The molecule has 0 aliphatic heterocycles. The summed E-state index contributed by atoms with van der Waals surface area (Å²) in [6, 6.07) is 0. The van der Waals surface area contributed by atoms with Gasteiger partial charge < -0.3 is 14.9 Å². The largest absolute Gasteiger partial charge is 0.480 e. The van der Waals surface area contributed by atoms with E-state index < -0.39 is 17.4 Å². The fourth-order valence-electron chi connectivity index (χ4n) is 0.954. The zero-order valence-corrected chi connectivity index (χ0v) is 7.74. The third-order valence-corrected chi connectivity index (χ3v) is 1.94. The van der Waals surface area contributed by atoms with Crippen molar-refractivity contribution in [3.8, 4) is 0 Å². The van der Waals surface area contributed by atoms with Crippen LogP contribution in [0.3, 0.4) is 0 Å². The van der Waals surface area contributed by atoms with Crippen LogP contribution >= 0.6 is 0 Å². The van der Waals surface area contributed by atoms with Gasteiger partial charge >= 0.3 is 11.9 Å². The highest BCUT2D eigenvalue weighted by molar-refractivity contribution is 5.98. The molecule has 1 unspecified atom stereocenters. The lowest BCUT2D eigenvalue weighted by Gasteiger charge is -2.20. The summed E-state index contributed by atoms with van der Waals surface area (Å²) in [7, 11) is 1.14. The van der Waals surface area contributed by atoms with Crippen LogP contribution in [0.5, 0.6) is 0 Å². The van der Waals surface area contributed by atoms with Crippen LogP contribution in [-0.4, -0.2) is 35.9 Å². The van der Waals surface area contributed by atoms with Crippen LogP contribution in [0.15, 0.2) is 0 Å². The first kappa shape index (κ1) is 11.9. The summed E-state index contributed by atoms with van der Waals surface area (Å²) in [5.41, 5.74) is -1.54. The first-order chi connectivity index (χ1) is 5.99. The van der Waals surface area contributed by atoms with Crippen molar-refractivity contribution in [3.05, 3.63) is 0 Å². The van der Waals surface area contributed by atoms with Crippen LogP contribution in [0.4, 0.5) is 0 Å². The maximum absolute atomic E-state index is 11.1. The third kappa shape index (κ3) is 2.69. The van der Waals surface area contributed by atoms with Crippen molar-refractivity contribution in [2.75, 3.05) is 13.7 Å². The maximum atomic E-state index is 11.1. The fraction of sp³-hybridized carbons (Fsp3) is 0.750. The Labute approximate surface area is 76.3 Å². The van der Waals surface area contributed by atoms with Gasteiger partial charge in [0.05, 0.1) is 7.11 Å². The number of hydrogen-bond acceptors (Lipinski definition) is 4. The Balaban J connectivity index is 4.52. The first-order valence-corrected chi connectivity index (χ1v) is 3.91. The minimum atomic E-state index is -1.54. The van der Waals surface area contributed by atoms with E-state index in [0.717, 1.165) is 7.11 Å². The number of aliphatic carboxylic acids is 1. The lowest BCUT2D eigenvalue weighted by Crippen LogP contribution is -2.37. The van der Waals surface area contributed by atoms with Gasteiger partial charge in [0.25, 0.3) is 0 Å². The standard InChI is InChI=1S/C8H14O5/c1-8(6(10)11,4-3-5-9)7(12)13-2/h9H,3-5H2,1-2H3,(H,10,11). The second-order valence-electron chi connectivity index (χ2n) is 2.96. The highest BCUT2D eigenvalue weighted by atomic mass is 16.5. The number of esters is 1. The van der Waals surface area contributed by atoms with Crippen molar-refractivity contribution in [3.63, 3.8) is 0 Å². The third-order valence-electron chi connectivity index (χ3n) is 1.94. The number of rotatable bonds is 5. The van der Waals surface area contributed by atoms with E-state index >= 15 is 0 Å². The zero-order chi connectivity index (χ0) is 10.5. The normalized spacial score (nSPS) is 14.7. The summed E-state index contributed by atoms with van der Waals surface area (Å²) in [6.45, 7) is 1.15. The van der Waals surface area contributed by atoms with E-state index in [0.29, 0.717) is 0 Å².